The van der Waals surface area contributed by atoms with Crippen LogP contribution < -0.4 is 9.80 Å². The van der Waals surface area contributed by atoms with Crippen LogP contribution >= 0.6 is 0 Å². The van der Waals surface area contributed by atoms with Gasteiger partial charge in [0.05, 0.1) is 6.20 Å². The van der Waals surface area contributed by atoms with Gasteiger partial charge in [-0.15, -0.1) is 0 Å². The monoisotopic (exact) mass is 406 g/mol. The van der Waals surface area contributed by atoms with Crippen molar-refractivity contribution < 1.29 is 8.78 Å². The number of hydrogen-bond acceptors (Lipinski definition) is 3. The second-order valence-electron chi connectivity index (χ2n) is 8.14. The molecule has 5 rings (SSSR count). The molecule has 0 fully saturated rings. The van der Waals surface area contributed by atoms with Crippen LogP contribution in [-0.2, 0) is 19.9 Å². The molecule has 6 heteroatoms. The minimum absolute atomic E-state index is 0.0558. The Morgan fingerprint density at radius 3 is 2.63 bits per heavy atom. The maximum atomic E-state index is 14.0. The van der Waals surface area contributed by atoms with Crippen molar-refractivity contribution in [1.29, 1.82) is 0 Å². The predicted molar refractivity (Wildman–Crippen MR) is 117 cm³/mol. The minimum Gasteiger partial charge on any atom is -0.348 e. The lowest BCUT2D eigenvalue weighted by Gasteiger charge is -2.33. The Kier molecular flexibility index (Phi) is 4.38. The quantitative estimate of drug-likeness (QED) is 0.565. The van der Waals surface area contributed by atoms with E-state index in [4.69, 9.17) is 0 Å². The topological polar surface area (TPSA) is 24.3 Å². The average Bonchev–Trinajstić information content (AvgIpc) is 3.29. The van der Waals surface area contributed by atoms with Crippen LogP contribution in [0.3, 0.4) is 0 Å². The van der Waals surface area contributed by atoms with Crippen LogP contribution in [0.1, 0.15) is 29.5 Å². The molecule has 0 spiro atoms. The maximum absolute atomic E-state index is 14.0. The molecule has 3 heterocycles. The van der Waals surface area contributed by atoms with E-state index < -0.39 is 6.43 Å². The third-order valence-corrected chi connectivity index (χ3v) is 6.23. The summed E-state index contributed by atoms with van der Waals surface area (Å²) in [4.78, 5) is 4.28. The number of aromatic nitrogens is 2. The van der Waals surface area contributed by atoms with Crippen LogP contribution in [0.2, 0.25) is 0 Å². The van der Waals surface area contributed by atoms with Gasteiger partial charge in [0.15, 0.2) is 0 Å². The highest BCUT2D eigenvalue weighted by Gasteiger charge is 2.26. The molecular formula is C24H24F2N4. The van der Waals surface area contributed by atoms with Crippen LogP contribution in [0.25, 0.3) is 11.1 Å². The van der Waals surface area contributed by atoms with Crippen LogP contribution in [0, 0.1) is 0 Å². The number of rotatable bonds is 3. The van der Waals surface area contributed by atoms with Crippen molar-refractivity contribution in [3.05, 3.63) is 71.7 Å². The van der Waals surface area contributed by atoms with E-state index in [0.717, 1.165) is 59.7 Å². The van der Waals surface area contributed by atoms with Crippen molar-refractivity contribution in [2.24, 2.45) is 7.05 Å². The summed E-state index contributed by atoms with van der Waals surface area (Å²) >= 11 is 0. The van der Waals surface area contributed by atoms with E-state index in [1.807, 2.05) is 13.1 Å². The van der Waals surface area contributed by atoms with Gasteiger partial charge in [0.1, 0.15) is 0 Å². The zero-order valence-electron chi connectivity index (χ0n) is 17.2. The zero-order chi connectivity index (χ0) is 21.0. The Balaban J connectivity index is 1.61. The number of anilines is 3. The van der Waals surface area contributed by atoms with Gasteiger partial charge in [-0.25, -0.2) is 8.78 Å². The molecule has 30 heavy (non-hydrogen) atoms. The Hall–Kier alpha value is -3.15. The smallest absolute Gasteiger partial charge is 0.264 e. The molecule has 2 aliphatic heterocycles. The molecule has 3 aromatic rings. The molecular weight excluding hydrogens is 382 g/mol. The van der Waals surface area contributed by atoms with E-state index in [1.54, 1.807) is 30.2 Å². The highest BCUT2D eigenvalue weighted by molar-refractivity contribution is 5.79. The minimum atomic E-state index is -2.55. The van der Waals surface area contributed by atoms with E-state index in [-0.39, 0.29) is 5.56 Å². The largest absolute Gasteiger partial charge is 0.348 e. The Morgan fingerprint density at radius 2 is 1.90 bits per heavy atom. The molecule has 2 aliphatic rings. The van der Waals surface area contributed by atoms with E-state index in [2.05, 4.69) is 39.7 Å². The summed E-state index contributed by atoms with van der Waals surface area (Å²) < 4.78 is 29.7. The Morgan fingerprint density at radius 1 is 1.07 bits per heavy atom. The Bertz CT molecular complexity index is 1150. The van der Waals surface area contributed by atoms with Gasteiger partial charge in [-0.2, -0.15) is 5.10 Å². The lowest BCUT2D eigenvalue weighted by atomic mass is 9.92. The van der Waals surface area contributed by atoms with Gasteiger partial charge >= 0.3 is 0 Å². The first-order chi connectivity index (χ1) is 14.4. The van der Waals surface area contributed by atoms with Gasteiger partial charge in [0.25, 0.3) is 6.43 Å². The third kappa shape index (κ3) is 2.98. The lowest BCUT2D eigenvalue weighted by molar-refractivity contribution is 0.152. The molecule has 0 saturated heterocycles. The molecule has 0 radical (unpaired) electrons. The number of benzene rings is 2. The van der Waals surface area contributed by atoms with Crippen molar-refractivity contribution in [3.63, 3.8) is 0 Å². The highest BCUT2D eigenvalue weighted by Crippen LogP contribution is 2.43. The summed E-state index contributed by atoms with van der Waals surface area (Å²) in [6, 6.07) is 9.99. The van der Waals surface area contributed by atoms with Gasteiger partial charge in [0.2, 0.25) is 0 Å². The number of allylic oxidation sites excluding steroid dienone is 1. The number of halogens is 2. The normalized spacial score (nSPS) is 15.7. The van der Waals surface area contributed by atoms with E-state index >= 15 is 0 Å². The average molecular weight is 406 g/mol. The summed E-state index contributed by atoms with van der Waals surface area (Å²) in [5.41, 5.74) is 7.84. The molecule has 0 atom stereocenters. The van der Waals surface area contributed by atoms with Crippen molar-refractivity contribution in [2.75, 3.05) is 23.4 Å². The second-order valence-corrected chi connectivity index (χ2v) is 8.14. The molecule has 0 unspecified atom stereocenters. The molecule has 0 amide bonds. The van der Waals surface area contributed by atoms with Crippen molar-refractivity contribution in [2.45, 2.75) is 25.7 Å². The first-order valence-corrected chi connectivity index (χ1v) is 10.2. The number of alkyl halides is 2. The maximum Gasteiger partial charge on any atom is 0.264 e. The van der Waals surface area contributed by atoms with E-state index in [0.29, 0.717) is 5.56 Å². The fourth-order valence-electron chi connectivity index (χ4n) is 4.60. The molecule has 0 N–H and O–H groups in total. The molecule has 0 bridgehead atoms. The molecule has 2 aromatic carbocycles. The molecule has 0 saturated carbocycles. The third-order valence-electron chi connectivity index (χ3n) is 6.23. The van der Waals surface area contributed by atoms with Crippen LogP contribution in [0.15, 0.2) is 55.0 Å². The van der Waals surface area contributed by atoms with E-state index in [1.165, 1.54) is 5.56 Å². The number of likely N-dealkylation sites (N-methyl/N-ethyl adjacent to an activating group) is 1. The van der Waals surface area contributed by atoms with Gasteiger partial charge in [-0.1, -0.05) is 12.6 Å². The van der Waals surface area contributed by atoms with Gasteiger partial charge in [-0.3, -0.25) is 4.68 Å². The molecule has 154 valence electrons. The van der Waals surface area contributed by atoms with Crippen LogP contribution in [-0.4, -0.2) is 23.4 Å². The van der Waals surface area contributed by atoms with Gasteiger partial charge in [0, 0.05) is 67.1 Å². The lowest BCUT2D eigenvalue weighted by Crippen LogP contribution is -2.25. The van der Waals surface area contributed by atoms with Crippen LogP contribution in [0.4, 0.5) is 25.8 Å². The highest BCUT2D eigenvalue weighted by atomic mass is 19.3. The van der Waals surface area contributed by atoms with Gasteiger partial charge in [-0.05, 0) is 53.8 Å². The summed E-state index contributed by atoms with van der Waals surface area (Å²) in [5, 5.41) is 4.16. The van der Waals surface area contributed by atoms with Crippen molar-refractivity contribution in [1.82, 2.24) is 9.78 Å². The first-order valence-electron chi connectivity index (χ1n) is 10.2. The van der Waals surface area contributed by atoms with Crippen molar-refractivity contribution >= 4 is 17.1 Å². The fourth-order valence-corrected chi connectivity index (χ4v) is 4.60. The zero-order valence-corrected chi connectivity index (χ0v) is 17.2. The van der Waals surface area contributed by atoms with Crippen molar-refractivity contribution in [3.8, 4) is 11.1 Å². The summed E-state index contributed by atoms with van der Waals surface area (Å²) in [6.07, 6.45) is 3.60. The summed E-state index contributed by atoms with van der Waals surface area (Å²) in [5.74, 6) is 0. The Labute approximate surface area is 175 Å². The van der Waals surface area contributed by atoms with E-state index in [9.17, 15) is 8.78 Å². The second kappa shape index (κ2) is 6.97. The number of aryl methyl sites for hydroxylation is 2. The molecule has 0 aliphatic carbocycles. The van der Waals surface area contributed by atoms with Gasteiger partial charge < -0.3 is 9.80 Å². The molecule has 4 nitrogen and oxygen atoms in total. The number of fused-ring (bicyclic) bond motifs is 2. The standard InChI is InChI=1S/C24H24F2N4/c1-15-9-17-6-7-19(11-22(17)29(15)3)30-8-4-5-16-10-20(18-13-27-28(2)14-18)21(24(25)26)12-23(16)30/h6-7,10-14,24H,1,4-5,8-9H2,2-3H3. The SMILES string of the molecule is C=C1Cc2ccc(N3CCCc4cc(-c5cnn(C)c5)c(C(F)F)cc43)cc2N1C. The summed E-state index contributed by atoms with van der Waals surface area (Å²) in [7, 11) is 3.82. The molecule has 1 aromatic heterocycles. The first kappa shape index (κ1) is 18.9. The number of hydrogen-bond donors (Lipinski definition) is 0. The predicted octanol–water partition coefficient (Wildman–Crippen LogP) is 5.62. The summed E-state index contributed by atoms with van der Waals surface area (Å²) in [6.45, 7) is 4.93. The number of nitrogens with zero attached hydrogens (tertiary/aromatic N) is 4. The van der Waals surface area contributed by atoms with Crippen LogP contribution in [0.5, 0.6) is 0 Å². The fraction of sp³-hybridized carbons (Fsp3) is 0.292.